The van der Waals surface area contributed by atoms with Gasteiger partial charge < -0.3 is 5.32 Å². The van der Waals surface area contributed by atoms with E-state index in [-0.39, 0.29) is 11.9 Å². The van der Waals surface area contributed by atoms with E-state index in [1.165, 1.54) is 23.3 Å². The van der Waals surface area contributed by atoms with Crippen LogP contribution in [0.5, 0.6) is 0 Å². The van der Waals surface area contributed by atoms with Gasteiger partial charge in [-0.15, -0.1) is 21.5 Å². The van der Waals surface area contributed by atoms with Crippen LogP contribution in [0.4, 0.5) is 5.00 Å². The number of likely N-dealkylation sites (tertiary alicyclic amines) is 1. The highest BCUT2D eigenvalue weighted by Gasteiger charge is 2.30. The molecule has 1 atom stereocenters. The van der Waals surface area contributed by atoms with Crippen LogP contribution in [0.25, 0.3) is 5.65 Å². The maximum Gasteiger partial charge on any atom is 0.242 e. The van der Waals surface area contributed by atoms with Crippen LogP contribution in [0.3, 0.4) is 0 Å². The summed E-state index contributed by atoms with van der Waals surface area (Å²) < 4.78 is 2.07. The molecule has 0 bridgehead atoms. The number of nitriles is 1. The lowest BCUT2D eigenvalue weighted by atomic mass is 9.95. The largest absolute Gasteiger partial charge is 0.315 e. The first-order valence-corrected chi connectivity index (χ1v) is 12.4. The van der Waals surface area contributed by atoms with E-state index >= 15 is 0 Å². The first-order valence-electron chi connectivity index (χ1n) is 11.5. The second-order valence-electron chi connectivity index (χ2n) is 8.84. The molecule has 1 amide bonds. The van der Waals surface area contributed by atoms with Crippen molar-refractivity contribution in [1.82, 2.24) is 19.5 Å². The third-order valence-corrected chi connectivity index (χ3v) is 8.14. The molecule has 32 heavy (non-hydrogen) atoms. The number of pyridine rings is 1. The van der Waals surface area contributed by atoms with Crippen LogP contribution in [0.1, 0.15) is 66.8 Å². The van der Waals surface area contributed by atoms with Crippen LogP contribution in [-0.4, -0.2) is 44.5 Å². The second-order valence-corrected chi connectivity index (χ2v) is 9.95. The third-order valence-electron chi connectivity index (χ3n) is 6.93. The molecule has 3 aromatic rings. The SMILES string of the molecule is CC(C(=O)Nc1sc2c(c1C#N)CCCCC2)N1CCC(c2nnc3ccccn23)CC1. The van der Waals surface area contributed by atoms with E-state index < -0.39 is 0 Å². The number of anilines is 1. The van der Waals surface area contributed by atoms with Gasteiger partial charge in [0.25, 0.3) is 0 Å². The van der Waals surface area contributed by atoms with Gasteiger partial charge in [-0.25, -0.2) is 0 Å². The van der Waals surface area contributed by atoms with Gasteiger partial charge in [0.15, 0.2) is 5.65 Å². The van der Waals surface area contributed by atoms with Crippen LogP contribution in [0.2, 0.25) is 0 Å². The van der Waals surface area contributed by atoms with E-state index in [0.29, 0.717) is 11.5 Å². The van der Waals surface area contributed by atoms with E-state index in [4.69, 9.17) is 0 Å². The number of thiophene rings is 1. The number of fused-ring (bicyclic) bond motifs is 2. The summed E-state index contributed by atoms with van der Waals surface area (Å²) in [6.07, 6.45) is 9.38. The molecule has 2 aliphatic rings. The molecule has 1 aliphatic carbocycles. The topological polar surface area (TPSA) is 86.3 Å². The zero-order chi connectivity index (χ0) is 22.1. The van der Waals surface area contributed by atoms with Gasteiger partial charge in [0.05, 0.1) is 11.6 Å². The van der Waals surface area contributed by atoms with Crippen LogP contribution in [0, 0.1) is 11.3 Å². The summed E-state index contributed by atoms with van der Waals surface area (Å²) in [5.41, 5.74) is 2.73. The Balaban J connectivity index is 1.23. The predicted molar refractivity (Wildman–Crippen MR) is 125 cm³/mol. The van der Waals surface area contributed by atoms with Crippen molar-refractivity contribution in [2.75, 3.05) is 18.4 Å². The highest BCUT2D eigenvalue weighted by atomic mass is 32.1. The van der Waals surface area contributed by atoms with Crippen molar-refractivity contribution in [3.05, 3.63) is 46.2 Å². The Labute approximate surface area is 192 Å². The van der Waals surface area contributed by atoms with Gasteiger partial charge in [0.1, 0.15) is 16.9 Å². The monoisotopic (exact) mass is 448 g/mol. The number of carbonyl (C=O) groups is 1. The maximum absolute atomic E-state index is 13.1. The number of piperidine rings is 1. The van der Waals surface area contributed by atoms with Crippen molar-refractivity contribution in [3.63, 3.8) is 0 Å². The summed E-state index contributed by atoms with van der Waals surface area (Å²) >= 11 is 1.60. The van der Waals surface area contributed by atoms with Gasteiger partial charge in [-0.1, -0.05) is 12.5 Å². The molecule has 166 valence electrons. The average molecular weight is 449 g/mol. The summed E-state index contributed by atoms with van der Waals surface area (Å²) in [4.78, 5) is 16.6. The fourth-order valence-electron chi connectivity index (χ4n) is 5.01. The zero-order valence-corrected chi connectivity index (χ0v) is 19.2. The van der Waals surface area contributed by atoms with Crippen molar-refractivity contribution in [3.8, 4) is 6.07 Å². The Hall–Kier alpha value is -2.76. The summed E-state index contributed by atoms with van der Waals surface area (Å²) in [6.45, 7) is 3.65. The lowest BCUT2D eigenvalue weighted by Gasteiger charge is -2.34. The summed E-state index contributed by atoms with van der Waals surface area (Å²) in [5, 5.41) is 22.3. The van der Waals surface area contributed by atoms with E-state index in [9.17, 15) is 10.1 Å². The van der Waals surface area contributed by atoms with Crippen LogP contribution < -0.4 is 5.32 Å². The molecule has 1 N–H and O–H groups in total. The molecule has 0 aromatic carbocycles. The highest BCUT2D eigenvalue weighted by Crippen LogP contribution is 2.37. The van der Waals surface area contributed by atoms with Crippen molar-refractivity contribution in [2.45, 2.75) is 63.8 Å². The van der Waals surface area contributed by atoms with Gasteiger partial charge in [-0.3, -0.25) is 14.1 Å². The fourth-order valence-corrected chi connectivity index (χ4v) is 6.26. The van der Waals surface area contributed by atoms with Crippen molar-refractivity contribution >= 4 is 27.9 Å². The summed E-state index contributed by atoms with van der Waals surface area (Å²) in [6, 6.07) is 8.06. The van der Waals surface area contributed by atoms with E-state index in [1.54, 1.807) is 11.3 Å². The maximum atomic E-state index is 13.1. The minimum absolute atomic E-state index is 0.0238. The Morgan fingerprint density at radius 3 is 2.84 bits per heavy atom. The fraction of sp³-hybridized carbons (Fsp3) is 0.500. The van der Waals surface area contributed by atoms with Crippen LogP contribution in [-0.2, 0) is 17.6 Å². The number of aryl methyl sites for hydroxylation is 1. The first-order chi connectivity index (χ1) is 15.7. The first kappa shape index (κ1) is 21.1. The quantitative estimate of drug-likeness (QED) is 0.606. The molecule has 4 heterocycles. The number of aromatic nitrogens is 3. The van der Waals surface area contributed by atoms with Crippen LogP contribution in [0.15, 0.2) is 24.4 Å². The Morgan fingerprint density at radius 2 is 2.03 bits per heavy atom. The van der Waals surface area contributed by atoms with Gasteiger partial charge in [-0.2, -0.15) is 5.26 Å². The second kappa shape index (κ2) is 9.00. The molecule has 7 nitrogen and oxygen atoms in total. The summed E-state index contributed by atoms with van der Waals surface area (Å²) in [7, 11) is 0. The zero-order valence-electron chi connectivity index (χ0n) is 18.4. The number of amides is 1. The molecule has 1 fully saturated rings. The van der Waals surface area contributed by atoms with E-state index in [0.717, 1.165) is 61.7 Å². The molecule has 0 spiro atoms. The molecule has 5 rings (SSSR count). The number of nitrogens with one attached hydrogen (secondary N) is 1. The van der Waals surface area contributed by atoms with Crippen LogP contribution >= 0.6 is 11.3 Å². The van der Waals surface area contributed by atoms with E-state index in [1.807, 2.05) is 31.3 Å². The summed E-state index contributed by atoms with van der Waals surface area (Å²) in [5.74, 6) is 1.33. The van der Waals surface area contributed by atoms with Crippen molar-refractivity contribution in [2.24, 2.45) is 0 Å². The average Bonchev–Trinajstić information content (AvgIpc) is 3.31. The third kappa shape index (κ3) is 3.91. The highest BCUT2D eigenvalue weighted by molar-refractivity contribution is 7.16. The van der Waals surface area contributed by atoms with Crippen molar-refractivity contribution < 1.29 is 4.79 Å². The number of hydrogen-bond acceptors (Lipinski definition) is 6. The molecule has 3 aromatic heterocycles. The number of rotatable bonds is 4. The smallest absolute Gasteiger partial charge is 0.242 e. The standard InChI is InChI=1S/C24H28N6OS/c1-16(23(31)26-24-19(15-25)18-7-3-2-4-8-20(18)32-24)29-13-10-17(11-14-29)22-28-27-21-9-5-6-12-30(21)22/h5-6,9,12,16-17H,2-4,7-8,10-11,13-14H2,1H3,(H,26,31). The minimum atomic E-state index is -0.237. The Morgan fingerprint density at radius 1 is 1.22 bits per heavy atom. The Kier molecular flexibility index (Phi) is 5.94. The predicted octanol–water partition coefficient (Wildman–Crippen LogP) is 4.14. The lowest BCUT2D eigenvalue weighted by Crippen LogP contribution is -2.45. The minimum Gasteiger partial charge on any atom is -0.315 e. The molecule has 1 saturated heterocycles. The molecule has 1 aliphatic heterocycles. The number of carbonyl (C=O) groups excluding carboxylic acids is 1. The van der Waals surface area contributed by atoms with Crippen molar-refractivity contribution in [1.29, 1.82) is 5.26 Å². The molecule has 0 radical (unpaired) electrons. The van der Waals surface area contributed by atoms with E-state index in [2.05, 4.69) is 30.9 Å². The molecule has 8 heteroatoms. The lowest BCUT2D eigenvalue weighted by molar-refractivity contribution is -0.121. The normalized spacial score (nSPS) is 18.6. The van der Waals surface area contributed by atoms with Gasteiger partial charge in [0.2, 0.25) is 5.91 Å². The number of hydrogen-bond donors (Lipinski definition) is 1. The molecular formula is C24H28N6OS. The van der Waals surface area contributed by atoms with Gasteiger partial charge in [0, 0.05) is 17.0 Å². The van der Waals surface area contributed by atoms with Gasteiger partial charge >= 0.3 is 0 Å². The molecule has 0 saturated carbocycles. The van der Waals surface area contributed by atoms with Gasteiger partial charge in [-0.05, 0) is 76.2 Å². The molecule has 1 unspecified atom stereocenters. The number of nitrogens with zero attached hydrogens (tertiary/aromatic N) is 5. The molecular weight excluding hydrogens is 420 g/mol. The Bertz CT molecular complexity index is 1170.